The highest BCUT2D eigenvalue weighted by Gasteiger charge is 2.06. The maximum absolute atomic E-state index is 10.0. The van der Waals surface area contributed by atoms with Crippen LogP contribution in [0.3, 0.4) is 0 Å². The van der Waals surface area contributed by atoms with Crippen molar-refractivity contribution in [1.29, 1.82) is 0 Å². The number of fused-ring (bicyclic) bond motifs is 1. The molecule has 0 radical (unpaired) electrons. The Hall–Kier alpha value is -1.19. The maximum Gasteiger partial charge on any atom is 0.120 e. The van der Waals surface area contributed by atoms with Gasteiger partial charge in [0.2, 0.25) is 0 Å². The molecule has 1 atom stereocenters. The number of hydrogen-bond donors (Lipinski definition) is 2. The first kappa shape index (κ1) is 14.2. The fraction of sp³-hybridized carbons (Fsp3) is 0.375. The third kappa shape index (κ3) is 3.64. The van der Waals surface area contributed by atoms with E-state index in [1.165, 1.54) is 5.39 Å². The zero-order valence-corrected chi connectivity index (χ0v) is 12.3. The van der Waals surface area contributed by atoms with Crippen LogP contribution in [0.5, 0.6) is 5.75 Å². The smallest absolute Gasteiger partial charge is 0.120 e. The average molecular weight is 275 g/mol. The van der Waals surface area contributed by atoms with E-state index in [9.17, 15) is 5.11 Å². The Morgan fingerprint density at radius 2 is 2.00 bits per heavy atom. The first-order valence-corrected chi connectivity index (χ1v) is 7.94. The van der Waals surface area contributed by atoms with Crippen LogP contribution in [0.25, 0.3) is 10.8 Å². The van der Waals surface area contributed by atoms with Gasteiger partial charge in [-0.1, -0.05) is 37.3 Å². The Morgan fingerprint density at radius 3 is 2.79 bits per heavy atom. The van der Waals surface area contributed by atoms with Gasteiger partial charge in [-0.2, -0.15) is 11.8 Å². The largest absolute Gasteiger partial charge is 0.508 e. The molecule has 0 saturated heterocycles. The van der Waals surface area contributed by atoms with E-state index in [2.05, 4.69) is 30.6 Å². The lowest BCUT2D eigenvalue weighted by Gasteiger charge is -2.12. The molecule has 2 rings (SSSR count). The molecule has 2 aromatic carbocycles. The van der Waals surface area contributed by atoms with E-state index in [0.29, 0.717) is 17.5 Å². The number of phenols is 1. The van der Waals surface area contributed by atoms with Gasteiger partial charge in [-0.05, 0) is 36.1 Å². The molecule has 0 bridgehead atoms. The molecule has 2 nitrogen and oxygen atoms in total. The van der Waals surface area contributed by atoms with Gasteiger partial charge in [-0.15, -0.1) is 0 Å². The fourth-order valence-electron chi connectivity index (χ4n) is 2.15. The molecule has 2 N–H and O–H groups in total. The van der Waals surface area contributed by atoms with Crippen LogP contribution < -0.4 is 5.32 Å². The normalized spacial score (nSPS) is 12.7. The number of benzene rings is 2. The van der Waals surface area contributed by atoms with Crippen molar-refractivity contribution in [1.82, 2.24) is 5.32 Å². The summed E-state index contributed by atoms with van der Waals surface area (Å²) in [6, 6.07) is 11.9. The Morgan fingerprint density at radius 1 is 1.21 bits per heavy atom. The van der Waals surface area contributed by atoms with Crippen LogP contribution in [0.4, 0.5) is 0 Å². The van der Waals surface area contributed by atoms with E-state index < -0.39 is 0 Å². The molecule has 1 unspecified atom stereocenters. The van der Waals surface area contributed by atoms with Gasteiger partial charge >= 0.3 is 0 Å². The van der Waals surface area contributed by atoms with E-state index in [-0.39, 0.29) is 0 Å². The molecule has 3 heteroatoms. The summed E-state index contributed by atoms with van der Waals surface area (Å²) in [6.07, 6.45) is 3.29. The van der Waals surface area contributed by atoms with Crippen LogP contribution in [0.2, 0.25) is 0 Å². The van der Waals surface area contributed by atoms with E-state index >= 15 is 0 Å². The van der Waals surface area contributed by atoms with Gasteiger partial charge < -0.3 is 10.4 Å². The van der Waals surface area contributed by atoms with Gasteiger partial charge in [-0.25, -0.2) is 0 Å². The van der Waals surface area contributed by atoms with Crippen molar-refractivity contribution in [3.63, 3.8) is 0 Å². The van der Waals surface area contributed by atoms with Crippen molar-refractivity contribution < 1.29 is 5.11 Å². The standard InChI is InChI=1S/C16H21NOS/c1-12(19-2)9-10-17-11-15-14-6-4-3-5-13(14)7-8-16(15)18/h3-8,12,17-18H,9-11H2,1-2H3. The molecule has 0 spiro atoms. The fourth-order valence-corrected chi connectivity index (χ4v) is 2.50. The van der Waals surface area contributed by atoms with E-state index in [4.69, 9.17) is 0 Å². The molecule has 0 aliphatic rings. The molecule has 19 heavy (non-hydrogen) atoms. The molecule has 0 fully saturated rings. The monoisotopic (exact) mass is 275 g/mol. The first-order valence-electron chi connectivity index (χ1n) is 6.65. The topological polar surface area (TPSA) is 32.3 Å². The van der Waals surface area contributed by atoms with Crippen molar-refractivity contribution in [2.24, 2.45) is 0 Å². The second-order valence-electron chi connectivity index (χ2n) is 4.80. The second-order valence-corrected chi connectivity index (χ2v) is 6.07. The highest BCUT2D eigenvalue weighted by molar-refractivity contribution is 7.99. The lowest BCUT2D eigenvalue weighted by molar-refractivity contribution is 0.465. The minimum absolute atomic E-state index is 0.379. The molecular weight excluding hydrogens is 254 g/mol. The third-order valence-electron chi connectivity index (χ3n) is 3.45. The van der Waals surface area contributed by atoms with Gasteiger partial charge in [0, 0.05) is 17.4 Å². The number of nitrogens with one attached hydrogen (secondary N) is 1. The summed E-state index contributed by atoms with van der Waals surface area (Å²) in [7, 11) is 0. The summed E-state index contributed by atoms with van der Waals surface area (Å²) in [5, 5.41) is 16.4. The van der Waals surface area contributed by atoms with Gasteiger partial charge in [0.05, 0.1) is 0 Å². The van der Waals surface area contributed by atoms with Gasteiger partial charge in [0.15, 0.2) is 0 Å². The Bertz CT molecular complexity index is 541. The predicted octanol–water partition coefficient (Wildman–Crippen LogP) is 3.78. The second kappa shape index (κ2) is 6.83. The maximum atomic E-state index is 10.0. The summed E-state index contributed by atoms with van der Waals surface area (Å²) in [5.74, 6) is 0.379. The molecule has 2 aromatic rings. The Kier molecular flexibility index (Phi) is 5.11. The summed E-state index contributed by atoms with van der Waals surface area (Å²) >= 11 is 1.89. The zero-order valence-electron chi connectivity index (χ0n) is 11.5. The van der Waals surface area contributed by atoms with Crippen molar-refractivity contribution in [3.8, 4) is 5.75 Å². The lowest BCUT2D eigenvalue weighted by Crippen LogP contribution is -2.17. The molecule has 0 heterocycles. The van der Waals surface area contributed by atoms with Gasteiger partial charge in [0.25, 0.3) is 0 Å². The minimum Gasteiger partial charge on any atom is -0.508 e. The van der Waals surface area contributed by atoms with Crippen LogP contribution in [0, 0.1) is 0 Å². The molecule has 0 amide bonds. The van der Waals surface area contributed by atoms with Crippen molar-refractivity contribution >= 4 is 22.5 Å². The summed E-state index contributed by atoms with van der Waals surface area (Å²) in [5.41, 5.74) is 0.995. The summed E-state index contributed by atoms with van der Waals surface area (Å²) < 4.78 is 0. The van der Waals surface area contributed by atoms with Crippen molar-refractivity contribution in [3.05, 3.63) is 42.0 Å². The number of phenolic OH excluding ortho intramolecular Hbond substituents is 1. The van der Waals surface area contributed by atoms with Crippen LogP contribution in [-0.2, 0) is 6.54 Å². The molecule has 0 aliphatic heterocycles. The van der Waals surface area contributed by atoms with E-state index in [1.807, 2.05) is 30.0 Å². The van der Waals surface area contributed by atoms with Crippen LogP contribution >= 0.6 is 11.8 Å². The number of rotatable bonds is 6. The summed E-state index contributed by atoms with van der Waals surface area (Å²) in [6.45, 7) is 3.93. The van der Waals surface area contributed by atoms with Crippen LogP contribution in [0.15, 0.2) is 36.4 Å². The quantitative estimate of drug-likeness (QED) is 0.787. The zero-order chi connectivity index (χ0) is 13.7. The first-order chi connectivity index (χ1) is 9.22. The molecule has 0 aliphatic carbocycles. The predicted molar refractivity (Wildman–Crippen MR) is 84.9 cm³/mol. The Labute approximate surface area is 119 Å². The van der Waals surface area contributed by atoms with Gasteiger partial charge in [-0.3, -0.25) is 0 Å². The van der Waals surface area contributed by atoms with Gasteiger partial charge in [0.1, 0.15) is 5.75 Å². The minimum atomic E-state index is 0.379. The molecular formula is C16H21NOS. The van der Waals surface area contributed by atoms with Crippen LogP contribution in [0.1, 0.15) is 18.9 Å². The SMILES string of the molecule is CSC(C)CCNCc1c(O)ccc2ccccc12. The molecule has 0 saturated carbocycles. The van der Waals surface area contributed by atoms with E-state index in [1.54, 1.807) is 6.07 Å². The molecule has 0 aromatic heterocycles. The summed E-state index contributed by atoms with van der Waals surface area (Å²) in [4.78, 5) is 0. The third-order valence-corrected chi connectivity index (χ3v) is 4.49. The van der Waals surface area contributed by atoms with Crippen molar-refractivity contribution in [2.75, 3.05) is 12.8 Å². The average Bonchev–Trinajstić information content (AvgIpc) is 2.45. The van der Waals surface area contributed by atoms with E-state index in [0.717, 1.165) is 23.9 Å². The number of hydrogen-bond acceptors (Lipinski definition) is 3. The number of thioether (sulfide) groups is 1. The highest BCUT2D eigenvalue weighted by Crippen LogP contribution is 2.26. The Balaban J connectivity index is 2.05. The number of aromatic hydroxyl groups is 1. The molecule has 102 valence electrons. The lowest BCUT2D eigenvalue weighted by atomic mass is 10.0. The highest BCUT2D eigenvalue weighted by atomic mass is 32.2. The van der Waals surface area contributed by atoms with Crippen LogP contribution in [-0.4, -0.2) is 23.2 Å². The van der Waals surface area contributed by atoms with Crippen molar-refractivity contribution in [2.45, 2.75) is 25.1 Å².